The smallest absolute Gasteiger partial charge is 0.324 e. The largest absolute Gasteiger partial charge is 0.467 e. The van der Waals surface area contributed by atoms with E-state index in [2.05, 4.69) is 26.8 Å². The number of hydrogen-bond donors (Lipinski definition) is 1. The molecule has 0 bridgehead atoms. The Hall–Kier alpha value is -1.63. The van der Waals surface area contributed by atoms with Crippen LogP contribution in [0.1, 0.15) is 13.3 Å². The Morgan fingerprint density at radius 1 is 1.22 bits per heavy atom. The SMILES string of the molecule is COc1nc(OC)nc(N2CCC(C)C2CN)n1. The summed E-state index contributed by atoms with van der Waals surface area (Å²) < 4.78 is 10.1. The average Bonchev–Trinajstić information content (AvgIpc) is 2.79. The van der Waals surface area contributed by atoms with E-state index in [0.717, 1.165) is 13.0 Å². The van der Waals surface area contributed by atoms with Gasteiger partial charge in [-0.2, -0.15) is 9.97 Å². The van der Waals surface area contributed by atoms with Crippen LogP contribution in [0.4, 0.5) is 5.95 Å². The molecule has 0 amide bonds. The molecule has 18 heavy (non-hydrogen) atoms. The highest BCUT2D eigenvalue weighted by Gasteiger charge is 2.32. The van der Waals surface area contributed by atoms with Crippen LogP contribution in [-0.2, 0) is 0 Å². The lowest BCUT2D eigenvalue weighted by molar-refractivity contribution is 0.339. The minimum absolute atomic E-state index is 0.252. The van der Waals surface area contributed by atoms with Crippen molar-refractivity contribution in [3.05, 3.63) is 0 Å². The van der Waals surface area contributed by atoms with Crippen LogP contribution in [0.25, 0.3) is 0 Å². The number of rotatable bonds is 4. The van der Waals surface area contributed by atoms with Crippen LogP contribution in [0.15, 0.2) is 0 Å². The monoisotopic (exact) mass is 253 g/mol. The highest BCUT2D eigenvalue weighted by molar-refractivity contribution is 5.36. The molecule has 1 aliphatic rings. The van der Waals surface area contributed by atoms with Gasteiger partial charge in [-0.3, -0.25) is 0 Å². The first-order valence-electron chi connectivity index (χ1n) is 6.00. The van der Waals surface area contributed by atoms with Crippen LogP contribution in [0.2, 0.25) is 0 Å². The Balaban J connectivity index is 2.32. The zero-order valence-electron chi connectivity index (χ0n) is 11.0. The van der Waals surface area contributed by atoms with Gasteiger partial charge in [0.05, 0.1) is 14.2 Å². The lowest BCUT2D eigenvalue weighted by atomic mass is 10.0. The van der Waals surface area contributed by atoms with E-state index < -0.39 is 0 Å². The first-order chi connectivity index (χ1) is 8.69. The van der Waals surface area contributed by atoms with Crippen molar-refractivity contribution in [2.75, 3.05) is 32.2 Å². The Labute approximate surface area is 106 Å². The third kappa shape index (κ3) is 2.31. The first-order valence-corrected chi connectivity index (χ1v) is 6.00. The average molecular weight is 253 g/mol. The van der Waals surface area contributed by atoms with Crippen LogP contribution in [0.5, 0.6) is 12.0 Å². The van der Waals surface area contributed by atoms with E-state index in [1.54, 1.807) is 0 Å². The van der Waals surface area contributed by atoms with Crippen LogP contribution >= 0.6 is 0 Å². The molecule has 1 aromatic rings. The molecule has 2 N–H and O–H groups in total. The standard InChI is InChI=1S/C11H19N5O2/c1-7-4-5-16(8(7)6-12)9-13-10(17-2)15-11(14-9)18-3/h7-8H,4-6,12H2,1-3H3. The lowest BCUT2D eigenvalue weighted by Gasteiger charge is -2.25. The van der Waals surface area contributed by atoms with Crippen molar-refractivity contribution in [2.24, 2.45) is 11.7 Å². The fraction of sp³-hybridized carbons (Fsp3) is 0.727. The van der Waals surface area contributed by atoms with E-state index in [0.29, 0.717) is 18.4 Å². The molecule has 0 saturated carbocycles. The van der Waals surface area contributed by atoms with Gasteiger partial charge in [0, 0.05) is 19.1 Å². The predicted molar refractivity (Wildman–Crippen MR) is 66.9 cm³/mol. The molecule has 2 atom stereocenters. The Bertz CT molecular complexity index is 392. The summed E-state index contributed by atoms with van der Waals surface area (Å²) in [5.41, 5.74) is 5.82. The molecule has 1 aromatic heterocycles. The van der Waals surface area contributed by atoms with Crippen LogP contribution in [0, 0.1) is 5.92 Å². The number of ether oxygens (including phenoxy) is 2. The minimum atomic E-state index is 0.252. The number of nitrogens with zero attached hydrogens (tertiary/aromatic N) is 4. The quantitative estimate of drug-likeness (QED) is 0.812. The second kappa shape index (κ2) is 5.34. The van der Waals surface area contributed by atoms with E-state index in [1.807, 2.05) is 0 Å². The van der Waals surface area contributed by atoms with Gasteiger partial charge in [0.2, 0.25) is 5.95 Å². The van der Waals surface area contributed by atoms with Gasteiger partial charge in [0.1, 0.15) is 0 Å². The van der Waals surface area contributed by atoms with Gasteiger partial charge in [-0.15, -0.1) is 4.98 Å². The summed E-state index contributed by atoms with van der Waals surface area (Å²) in [5, 5.41) is 0. The zero-order chi connectivity index (χ0) is 13.1. The highest BCUT2D eigenvalue weighted by atomic mass is 16.5. The van der Waals surface area contributed by atoms with Crippen molar-refractivity contribution >= 4 is 5.95 Å². The molecule has 1 fully saturated rings. The maximum atomic E-state index is 5.82. The Kier molecular flexibility index (Phi) is 3.81. The summed E-state index contributed by atoms with van der Waals surface area (Å²) in [4.78, 5) is 14.6. The van der Waals surface area contributed by atoms with Gasteiger partial charge in [-0.1, -0.05) is 6.92 Å². The first kappa shape index (κ1) is 12.8. The second-order valence-corrected chi connectivity index (χ2v) is 4.37. The number of hydrogen-bond acceptors (Lipinski definition) is 7. The molecule has 100 valence electrons. The number of aromatic nitrogens is 3. The molecule has 1 aliphatic heterocycles. The molecule has 0 aromatic carbocycles. The zero-order valence-corrected chi connectivity index (χ0v) is 11.0. The fourth-order valence-electron chi connectivity index (χ4n) is 2.25. The van der Waals surface area contributed by atoms with Crippen LogP contribution in [-0.4, -0.2) is 48.3 Å². The van der Waals surface area contributed by atoms with Gasteiger partial charge >= 0.3 is 12.0 Å². The molecule has 0 radical (unpaired) electrons. The molecule has 2 heterocycles. The molecule has 2 unspecified atom stereocenters. The van der Waals surface area contributed by atoms with Crippen molar-refractivity contribution in [3.63, 3.8) is 0 Å². The van der Waals surface area contributed by atoms with E-state index in [9.17, 15) is 0 Å². The topological polar surface area (TPSA) is 86.4 Å². The molecule has 1 saturated heterocycles. The van der Waals surface area contributed by atoms with Crippen molar-refractivity contribution < 1.29 is 9.47 Å². The maximum absolute atomic E-state index is 5.82. The van der Waals surface area contributed by atoms with Crippen molar-refractivity contribution in [3.8, 4) is 12.0 Å². The van der Waals surface area contributed by atoms with Crippen LogP contribution < -0.4 is 20.1 Å². The molecule has 0 spiro atoms. The molecular formula is C11H19N5O2. The number of anilines is 1. The summed E-state index contributed by atoms with van der Waals surface area (Å²) in [7, 11) is 3.04. The number of methoxy groups -OCH3 is 2. The van der Waals surface area contributed by atoms with Gasteiger partial charge < -0.3 is 20.1 Å². The van der Waals surface area contributed by atoms with Gasteiger partial charge in [0.15, 0.2) is 0 Å². The highest BCUT2D eigenvalue weighted by Crippen LogP contribution is 2.28. The normalized spacial score (nSPS) is 23.2. The summed E-state index contributed by atoms with van der Waals surface area (Å²) in [6.45, 7) is 3.66. The fourth-order valence-corrected chi connectivity index (χ4v) is 2.25. The summed E-state index contributed by atoms with van der Waals surface area (Å²) in [5.74, 6) is 1.10. The summed E-state index contributed by atoms with van der Waals surface area (Å²) >= 11 is 0. The van der Waals surface area contributed by atoms with Gasteiger partial charge in [-0.25, -0.2) is 0 Å². The third-order valence-corrected chi connectivity index (χ3v) is 3.33. The molecule has 0 aliphatic carbocycles. The van der Waals surface area contributed by atoms with Crippen molar-refractivity contribution in [1.29, 1.82) is 0 Å². The lowest BCUT2D eigenvalue weighted by Crippen LogP contribution is -2.39. The summed E-state index contributed by atoms with van der Waals surface area (Å²) in [6, 6.07) is 0.765. The Morgan fingerprint density at radius 3 is 2.33 bits per heavy atom. The van der Waals surface area contributed by atoms with E-state index in [-0.39, 0.29) is 18.1 Å². The number of nitrogens with two attached hydrogens (primary N) is 1. The molecule has 7 heteroatoms. The maximum Gasteiger partial charge on any atom is 0.324 e. The molecule has 2 rings (SSSR count). The predicted octanol–water partition coefficient (Wildman–Crippen LogP) is 0.0623. The third-order valence-electron chi connectivity index (χ3n) is 3.33. The Morgan fingerprint density at radius 2 is 1.83 bits per heavy atom. The minimum Gasteiger partial charge on any atom is -0.467 e. The van der Waals surface area contributed by atoms with Crippen molar-refractivity contribution in [1.82, 2.24) is 15.0 Å². The van der Waals surface area contributed by atoms with Gasteiger partial charge in [0.25, 0.3) is 0 Å². The van der Waals surface area contributed by atoms with E-state index in [1.165, 1.54) is 14.2 Å². The van der Waals surface area contributed by atoms with E-state index in [4.69, 9.17) is 15.2 Å². The summed E-state index contributed by atoms with van der Waals surface area (Å²) in [6.07, 6.45) is 1.08. The molecular weight excluding hydrogens is 234 g/mol. The van der Waals surface area contributed by atoms with E-state index >= 15 is 0 Å². The van der Waals surface area contributed by atoms with Crippen LogP contribution in [0.3, 0.4) is 0 Å². The second-order valence-electron chi connectivity index (χ2n) is 4.37. The molecule has 7 nitrogen and oxygen atoms in total. The van der Waals surface area contributed by atoms with Gasteiger partial charge in [-0.05, 0) is 12.3 Å². The van der Waals surface area contributed by atoms with Crippen molar-refractivity contribution in [2.45, 2.75) is 19.4 Å².